The third kappa shape index (κ3) is 4.21. The van der Waals surface area contributed by atoms with Crippen LogP contribution >= 0.6 is 0 Å². The number of amides is 1. The number of carbonyl (C=O) groups is 2. The molecule has 0 bridgehead atoms. The van der Waals surface area contributed by atoms with Gasteiger partial charge in [0.25, 0.3) is 5.91 Å². The standard InChI is InChI=1S/C26H23NO4/c1-27(16-20-11-5-8-14-23(20)30-2)24(28)17-31-26(29)25-21-12-6-3-9-18(21)15-19-10-4-7-13-22(19)25/h3-15H,16-17H2,1-2H3. The Morgan fingerprint density at radius 1 is 0.839 bits per heavy atom. The van der Waals surface area contributed by atoms with Crippen LogP contribution in [0, 0.1) is 0 Å². The maximum Gasteiger partial charge on any atom is 0.339 e. The van der Waals surface area contributed by atoms with E-state index in [1.807, 2.05) is 78.9 Å². The summed E-state index contributed by atoms with van der Waals surface area (Å²) < 4.78 is 10.8. The summed E-state index contributed by atoms with van der Waals surface area (Å²) in [4.78, 5) is 27.2. The summed E-state index contributed by atoms with van der Waals surface area (Å²) in [5, 5.41) is 3.52. The number of likely N-dealkylation sites (N-methyl/N-ethyl adjacent to an activating group) is 1. The molecule has 0 aliphatic heterocycles. The summed E-state index contributed by atoms with van der Waals surface area (Å²) in [6.07, 6.45) is 0. The summed E-state index contributed by atoms with van der Waals surface area (Å²) in [6, 6.07) is 24.9. The zero-order valence-electron chi connectivity index (χ0n) is 17.5. The molecule has 0 atom stereocenters. The molecule has 0 fully saturated rings. The minimum absolute atomic E-state index is 0.288. The largest absolute Gasteiger partial charge is 0.496 e. The second-order valence-electron chi connectivity index (χ2n) is 7.33. The molecule has 5 nitrogen and oxygen atoms in total. The molecule has 0 spiro atoms. The highest BCUT2D eigenvalue weighted by molar-refractivity contribution is 6.16. The average molecular weight is 413 g/mol. The third-order valence-electron chi connectivity index (χ3n) is 5.33. The van der Waals surface area contributed by atoms with Gasteiger partial charge >= 0.3 is 5.97 Å². The fourth-order valence-corrected chi connectivity index (χ4v) is 3.72. The van der Waals surface area contributed by atoms with Crippen molar-refractivity contribution in [3.8, 4) is 5.75 Å². The quantitative estimate of drug-likeness (QED) is 0.336. The van der Waals surface area contributed by atoms with Crippen LogP contribution in [-0.2, 0) is 16.1 Å². The monoisotopic (exact) mass is 413 g/mol. The Morgan fingerprint density at radius 2 is 1.42 bits per heavy atom. The van der Waals surface area contributed by atoms with E-state index in [2.05, 4.69) is 0 Å². The van der Waals surface area contributed by atoms with Crippen molar-refractivity contribution in [2.24, 2.45) is 0 Å². The number of hydrogen-bond acceptors (Lipinski definition) is 4. The summed E-state index contributed by atoms with van der Waals surface area (Å²) in [7, 11) is 3.27. The van der Waals surface area contributed by atoms with E-state index in [0.717, 1.165) is 27.1 Å². The van der Waals surface area contributed by atoms with Crippen LogP contribution in [0.5, 0.6) is 5.75 Å². The van der Waals surface area contributed by atoms with Crippen LogP contribution in [0.15, 0.2) is 78.9 Å². The maximum atomic E-state index is 13.0. The Morgan fingerprint density at radius 3 is 2.06 bits per heavy atom. The van der Waals surface area contributed by atoms with Gasteiger partial charge in [0.1, 0.15) is 5.75 Å². The van der Waals surface area contributed by atoms with Crippen molar-refractivity contribution in [1.29, 1.82) is 0 Å². The van der Waals surface area contributed by atoms with Crippen molar-refractivity contribution < 1.29 is 19.1 Å². The van der Waals surface area contributed by atoms with Gasteiger partial charge in [-0.05, 0) is 33.7 Å². The van der Waals surface area contributed by atoms with E-state index < -0.39 is 5.97 Å². The molecule has 0 saturated carbocycles. The number of carbonyl (C=O) groups excluding carboxylic acids is 2. The molecule has 31 heavy (non-hydrogen) atoms. The first kappa shape index (κ1) is 20.4. The first-order valence-corrected chi connectivity index (χ1v) is 10.0. The number of para-hydroxylation sites is 1. The van der Waals surface area contributed by atoms with Gasteiger partial charge < -0.3 is 14.4 Å². The molecule has 5 heteroatoms. The van der Waals surface area contributed by atoms with Crippen LogP contribution in [0.3, 0.4) is 0 Å². The van der Waals surface area contributed by atoms with Crippen molar-refractivity contribution in [3.05, 3.63) is 90.0 Å². The van der Waals surface area contributed by atoms with E-state index in [1.54, 1.807) is 14.2 Å². The highest BCUT2D eigenvalue weighted by Gasteiger charge is 2.19. The fourth-order valence-electron chi connectivity index (χ4n) is 3.72. The molecule has 0 heterocycles. The fraction of sp³-hybridized carbons (Fsp3) is 0.154. The SMILES string of the molecule is COc1ccccc1CN(C)C(=O)COC(=O)c1c2ccccc2cc2ccccc12. The van der Waals surface area contributed by atoms with Gasteiger partial charge in [0.15, 0.2) is 6.61 Å². The Hall–Kier alpha value is -3.86. The van der Waals surface area contributed by atoms with Crippen molar-refractivity contribution in [2.75, 3.05) is 20.8 Å². The van der Waals surface area contributed by atoms with E-state index >= 15 is 0 Å². The lowest BCUT2D eigenvalue weighted by molar-refractivity contribution is -0.133. The Labute approximate surface area is 180 Å². The van der Waals surface area contributed by atoms with Crippen LogP contribution in [0.25, 0.3) is 21.5 Å². The summed E-state index contributed by atoms with van der Waals surface area (Å²) in [6.45, 7) is 0.0274. The molecule has 0 aliphatic carbocycles. The van der Waals surface area contributed by atoms with Gasteiger partial charge in [0.05, 0.1) is 12.7 Å². The molecule has 0 unspecified atom stereocenters. The lowest BCUT2D eigenvalue weighted by atomic mass is 9.97. The molecule has 0 saturated heterocycles. The first-order chi connectivity index (χ1) is 15.1. The smallest absolute Gasteiger partial charge is 0.339 e. The van der Waals surface area contributed by atoms with Gasteiger partial charge in [-0.2, -0.15) is 0 Å². The second-order valence-corrected chi connectivity index (χ2v) is 7.33. The molecule has 0 radical (unpaired) electrons. The molecular formula is C26H23NO4. The lowest BCUT2D eigenvalue weighted by Gasteiger charge is -2.19. The summed E-state index contributed by atoms with van der Waals surface area (Å²) in [5.74, 6) is -0.0859. The third-order valence-corrected chi connectivity index (χ3v) is 5.33. The van der Waals surface area contributed by atoms with E-state index in [0.29, 0.717) is 17.9 Å². The molecule has 0 N–H and O–H groups in total. The second kappa shape index (κ2) is 8.88. The normalized spacial score (nSPS) is 10.8. The van der Waals surface area contributed by atoms with E-state index in [-0.39, 0.29) is 12.5 Å². The molecule has 4 aromatic carbocycles. The van der Waals surface area contributed by atoms with Crippen LogP contribution in [-0.4, -0.2) is 37.5 Å². The Balaban J connectivity index is 1.53. The number of rotatable bonds is 6. The zero-order valence-corrected chi connectivity index (χ0v) is 17.5. The molecule has 0 aromatic heterocycles. The number of nitrogens with zero attached hydrogens (tertiary/aromatic N) is 1. The highest BCUT2D eigenvalue weighted by Crippen LogP contribution is 2.29. The predicted molar refractivity (Wildman–Crippen MR) is 121 cm³/mol. The zero-order chi connectivity index (χ0) is 21.8. The molecule has 156 valence electrons. The molecule has 4 rings (SSSR count). The van der Waals surface area contributed by atoms with Crippen LogP contribution in [0.1, 0.15) is 15.9 Å². The Bertz CT molecular complexity index is 1210. The summed E-state index contributed by atoms with van der Waals surface area (Å²) in [5.41, 5.74) is 1.36. The number of ether oxygens (including phenoxy) is 2. The Kier molecular flexibility index (Phi) is 5.85. The van der Waals surface area contributed by atoms with Crippen LogP contribution in [0.4, 0.5) is 0 Å². The van der Waals surface area contributed by atoms with E-state index in [4.69, 9.17) is 9.47 Å². The first-order valence-electron chi connectivity index (χ1n) is 10.0. The number of fused-ring (bicyclic) bond motifs is 2. The van der Waals surface area contributed by atoms with Gasteiger partial charge in [-0.25, -0.2) is 4.79 Å². The van der Waals surface area contributed by atoms with Crippen molar-refractivity contribution in [3.63, 3.8) is 0 Å². The molecule has 1 amide bonds. The van der Waals surface area contributed by atoms with Gasteiger partial charge in [0.2, 0.25) is 0 Å². The number of hydrogen-bond donors (Lipinski definition) is 0. The van der Waals surface area contributed by atoms with Crippen molar-refractivity contribution >= 4 is 33.4 Å². The van der Waals surface area contributed by atoms with Gasteiger partial charge in [-0.15, -0.1) is 0 Å². The predicted octanol–water partition coefficient (Wildman–Crippen LogP) is 4.82. The highest BCUT2D eigenvalue weighted by atomic mass is 16.5. The van der Waals surface area contributed by atoms with E-state index in [9.17, 15) is 9.59 Å². The minimum Gasteiger partial charge on any atom is -0.496 e. The van der Waals surface area contributed by atoms with E-state index in [1.165, 1.54) is 4.90 Å². The van der Waals surface area contributed by atoms with Crippen molar-refractivity contribution in [1.82, 2.24) is 4.90 Å². The van der Waals surface area contributed by atoms with Crippen molar-refractivity contribution in [2.45, 2.75) is 6.54 Å². The maximum absolute atomic E-state index is 13.0. The lowest BCUT2D eigenvalue weighted by Crippen LogP contribution is -2.31. The molecule has 4 aromatic rings. The number of methoxy groups -OCH3 is 1. The molecule has 0 aliphatic rings. The van der Waals surface area contributed by atoms with Crippen LogP contribution in [0.2, 0.25) is 0 Å². The van der Waals surface area contributed by atoms with Gasteiger partial charge in [0, 0.05) is 19.2 Å². The van der Waals surface area contributed by atoms with Gasteiger partial charge in [-0.3, -0.25) is 4.79 Å². The molecular weight excluding hydrogens is 390 g/mol. The topological polar surface area (TPSA) is 55.8 Å². The average Bonchev–Trinajstić information content (AvgIpc) is 2.81. The number of esters is 1. The van der Waals surface area contributed by atoms with Crippen LogP contribution < -0.4 is 4.74 Å². The number of benzene rings is 4. The van der Waals surface area contributed by atoms with Gasteiger partial charge in [-0.1, -0.05) is 66.7 Å². The minimum atomic E-state index is -0.507. The summed E-state index contributed by atoms with van der Waals surface area (Å²) >= 11 is 0.